The van der Waals surface area contributed by atoms with Gasteiger partial charge in [-0.3, -0.25) is 4.79 Å². The highest BCUT2D eigenvalue weighted by atomic mass is 32.1. The second-order valence-corrected chi connectivity index (χ2v) is 6.20. The SMILES string of the molecule is COCc1nc(N2CCC(C)(C)C2)sc1C=O. The summed E-state index contributed by atoms with van der Waals surface area (Å²) in [5, 5.41) is 0.949. The van der Waals surface area contributed by atoms with Crippen LogP contribution in [0.4, 0.5) is 5.13 Å². The smallest absolute Gasteiger partial charge is 0.186 e. The van der Waals surface area contributed by atoms with E-state index in [1.54, 1.807) is 7.11 Å². The van der Waals surface area contributed by atoms with Crippen LogP contribution >= 0.6 is 11.3 Å². The molecule has 0 saturated carbocycles. The van der Waals surface area contributed by atoms with E-state index in [0.717, 1.165) is 30.2 Å². The van der Waals surface area contributed by atoms with Gasteiger partial charge in [-0.1, -0.05) is 25.2 Å². The number of ether oxygens (including phenoxy) is 1. The van der Waals surface area contributed by atoms with E-state index in [1.807, 2.05) is 0 Å². The van der Waals surface area contributed by atoms with Crippen molar-refractivity contribution >= 4 is 22.8 Å². The molecule has 2 rings (SSSR count). The lowest BCUT2D eigenvalue weighted by Gasteiger charge is -2.18. The molecule has 1 fully saturated rings. The average molecular weight is 254 g/mol. The number of carbonyl (C=O) groups excluding carboxylic acids is 1. The highest BCUT2D eigenvalue weighted by molar-refractivity contribution is 7.17. The summed E-state index contributed by atoms with van der Waals surface area (Å²) in [5.74, 6) is 0. The second-order valence-electron chi connectivity index (χ2n) is 5.19. The lowest BCUT2D eigenvalue weighted by molar-refractivity contribution is 0.112. The van der Waals surface area contributed by atoms with Crippen LogP contribution in [0.2, 0.25) is 0 Å². The molecule has 0 unspecified atom stereocenters. The van der Waals surface area contributed by atoms with Gasteiger partial charge in [-0.25, -0.2) is 4.98 Å². The van der Waals surface area contributed by atoms with Gasteiger partial charge < -0.3 is 9.64 Å². The third-order valence-corrected chi connectivity index (χ3v) is 4.14. The zero-order valence-electron chi connectivity index (χ0n) is 10.5. The summed E-state index contributed by atoms with van der Waals surface area (Å²) >= 11 is 1.46. The monoisotopic (exact) mass is 254 g/mol. The molecule has 0 atom stereocenters. The molecule has 0 N–H and O–H groups in total. The van der Waals surface area contributed by atoms with Crippen molar-refractivity contribution in [2.45, 2.75) is 26.9 Å². The Hall–Kier alpha value is -0.940. The van der Waals surface area contributed by atoms with Crippen LogP contribution in [0.25, 0.3) is 0 Å². The molecule has 0 aliphatic carbocycles. The van der Waals surface area contributed by atoms with Gasteiger partial charge in [0, 0.05) is 20.2 Å². The fraction of sp³-hybridized carbons (Fsp3) is 0.667. The molecule has 1 aromatic heterocycles. The van der Waals surface area contributed by atoms with Gasteiger partial charge in [0.05, 0.1) is 17.2 Å². The third kappa shape index (κ3) is 2.66. The van der Waals surface area contributed by atoms with E-state index in [1.165, 1.54) is 17.8 Å². The molecule has 5 heteroatoms. The van der Waals surface area contributed by atoms with Crippen LogP contribution in [0.5, 0.6) is 0 Å². The Morgan fingerprint density at radius 2 is 2.35 bits per heavy atom. The lowest BCUT2D eigenvalue weighted by Crippen LogP contribution is -2.22. The normalized spacial score (nSPS) is 18.6. The van der Waals surface area contributed by atoms with Crippen molar-refractivity contribution in [3.8, 4) is 0 Å². The number of aldehydes is 1. The number of thiazole rings is 1. The number of aromatic nitrogens is 1. The number of nitrogens with zero attached hydrogens (tertiary/aromatic N) is 2. The van der Waals surface area contributed by atoms with E-state index in [9.17, 15) is 4.79 Å². The Labute approximate surface area is 106 Å². The van der Waals surface area contributed by atoms with Crippen LogP contribution in [-0.4, -0.2) is 31.5 Å². The lowest BCUT2D eigenvalue weighted by atomic mass is 9.93. The Morgan fingerprint density at radius 3 is 2.88 bits per heavy atom. The van der Waals surface area contributed by atoms with E-state index < -0.39 is 0 Å². The van der Waals surface area contributed by atoms with Crippen LogP contribution < -0.4 is 4.90 Å². The minimum atomic E-state index is 0.342. The van der Waals surface area contributed by atoms with Crippen LogP contribution in [-0.2, 0) is 11.3 Å². The largest absolute Gasteiger partial charge is 0.378 e. The molecule has 2 heterocycles. The van der Waals surface area contributed by atoms with Crippen molar-refractivity contribution < 1.29 is 9.53 Å². The second kappa shape index (κ2) is 4.74. The minimum Gasteiger partial charge on any atom is -0.378 e. The predicted octanol–water partition coefficient (Wildman–Crippen LogP) is 2.34. The van der Waals surface area contributed by atoms with Crippen LogP contribution in [0.15, 0.2) is 0 Å². The van der Waals surface area contributed by atoms with E-state index in [0.29, 0.717) is 16.9 Å². The first kappa shape index (κ1) is 12.5. The molecule has 0 radical (unpaired) electrons. The molecule has 0 spiro atoms. The van der Waals surface area contributed by atoms with E-state index in [4.69, 9.17) is 4.74 Å². The number of methoxy groups -OCH3 is 1. The Kier molecular flexibility index (Phi) is 3.49. The van der Waals surface area contributed by atoms with E-state index in [-0.39, 0.29) is 0 Å². The molecule has 0 bridgehead atoms. The highest BCUT2D eigenvalue weighted by Crippen LogP contribution is 2.35. The first-order valence-corrected chi connectivity index (χ1v) is 6.56. The Morgan fingerprint density at radius 1 is 1.59 bits per heavy atom. The van der Waals surface area contributed by atoms with Gasteiger partial charge in [0.15, 0.2) is 11.4 Å². The first-order valence-electron chi connectivity index (χ1n) is 5.74. The number of rotatable bonds is 4. The van der Waals surface area contributed by atoms with Crippen LogP contribution in [0, 0.1) is 5.41 Å². The molecule has 0 amide bonds. The average Bonchev–Trinajstić information content (AvgIpc) is 2.82. The number of carbonyl (C=O) groups is 1. The van der Waals surface area contributed by atoms with Crippen molar-refractivity contribution in [2.24, 2.45) is 5.41 Å². The third-order valence-electron chi connectivity index (χ3n) is 3.05. The van der Waals surface area contributed by atoms with Crippen molar-refractivity contribution in [3.05, 3.63) is 10.6 Å². The van der Waals surface area contributed by atoms with Gasteiger partial charge in [0.1, 0.15) is 0 Å². The summed E-state index contributed by atoms with van der Waals surface area (Å²) in [7, 11) is 1.62. The maximum Gasteiger partial charge on any atom is 0.186 e. The predicted molar refractivity (Wildman–Crippen MR) is 68.8 cm³/mol. The maximum atomic E-state index is 11.0. The summed E-state index contributed by atoms with van der Waals surface area (Å²) in [5.41, 5.74) is 1.10. The van der Waals surface area contributed by atoms with Crippen molar-refractivity contribution in [1.29, 1.82) is 0 Å². The molecule has 0 aromatic carbocycles. The number of anilines is 1. The topological polar surface area (TPSA) is 42.4 Å². The molecule has 4 nitrogen and oxygen atoms in total. The molecular formula is C12H18N2O2S. The van der Waals surface area contributed by atoms with E-state index in [2.05, 4.69) is 23.7 Å². The molecule has 17 heavy (non-hydrogen) atoms. The van der Waals surface area contributed by atoms with Crippen molar-refractivity contribution in [3.63, 3.8) is 0 Å². The molecule has 1 aromatic rings. The molecular weight excluding hydrogens is 236 g/mol. The number of hydrogen-bond donors (Lipinski definition) is 0. The van der Waals surface area contributed by atoms with Crippen molar-refractivity contribution in [2.75, 3.05) is 25.1 Å². The number of hydrogen-bond acceptors (Lipinski definition) is 5. The Balaban J connectivity index is 2.19. The molecule has 94 valence electrons. The fourth-order valence-electron chi connectivity index (χ4n) is 2.09. The summed E-state index contributed by atoms with van der Waals surface area (Å²) in [6.07, 6.45) is 2.04. The minimum absolute atomic E-state index is 0.342. The van der Waals surface area contributed by atoms with E-state index >= 15 is 0 Å². The molecule has 1 aliphatic heterocycles. The zero-order valence-corrected chi connectivity index (χ0v) is 11.3. The maximum absolute atomic E-state index is 11.0. The van der Waals surface area contributed by atoms with Crippen molar-refractivity contribution in [1.82, 2.24) is 4.98 Å². The summed E-state index contributed by atoms with van der Waals surface area (Å²) in [4.78, 5) is 18.4. The van der Waals surface area contributed by atoms with Gasteiger partial charge in [0.2, 0.25) is 0 Å². The summed E-state index contributed by atoms with van der Waals surface area (Å²) in [6, 6.07) is 0. The zero-order chi connectivity index (χ0) is 12.5. The van der Waals surface area contributed by atoms with Gasteiger partial charge in [-0.15, -0.1) is 0 Å². The first-order chi connectivity index (χ1) is 8.05. The summed E-state index contributed by atoms with van der Waals surface area (Å²) < 4.78 is 5.05. The molecule has 1 saturated heterocycles. The standard InChI is InChI=1S/C12H18N2O2S/c1-12(2)4-5-14(8-12)11-13-9(7-16-3)10(6-15)17-11/h6H,4-5,7-8H2,1-3H3. The van der Waals surface area contributed by atoms with Crippen LogP contribution in [0.1, 0.15) is 35.6 Å². The van der Waals surface area contributed by atoms with Gasteiger partial charge in [-0.2, -0.15) is 0 Å². The summed E-state index contributed by atoms with van der Waals surface area (Å²) in [6.45, 7) is 6.95. The molecule has 1 aliphatic rings. The fourth-order valence-corrected chi connectivity index (χ4v) is 3.00. The van der Waals surface area contributed by atoms with Gasteiger partial charge in [0.25, 0.3) is 0 Å². The van der Waals surface area contributed by atoms with Gasteiger partial charge >= 0.3 is 0 Å². The van der Waals surface area contributed by atoms with Crippen LogP contribution in [0.3, 0.4) is 0 Å². The quantitative estimate of drug-likeness (QED) is 0.773. The Bertz CT molecular complexity index is 415. The van der Waals surface area contributed by atoms with Gasteiger partial charge in [-0.05, 0) is 11.8 Å². The highest BCUT2D eigenvalue weighted by Gasteiger charge is 2.31.